The third-order valence-corrected chi connectivity index (χ3v) is 11.4. The maximum Gasteiger partial charge on any atom is 0.397 e. The zero-order valence-electron chi connectivity index (χ0n) is 34.5. The third-order valence-electron chi connectivity index (χ3n) is 9.33. The van der Waals surface area contributed by atoms with Gasteiger partial charge in [0.1, 0.15) is 17.2 Å². The van der Waals surface area contributed by atoms with Crippen LogP contribution in [0.25, 0.3) is 0 Å². The Kier molecular flexibility index (Phi) is 13.6. The zero-order valence-corrected chi connectivity index (χ0v) is 36.3. The second-order valence-corrected chi connectivity index (χ2v) is 20.6. The van der Waals surface area contributed by atoms with Crippen LogP contribution < -0.4 is 13.8 Å². The molecule has 0 unspecified atom stereocenters. The van der Waals surface area contributed by atoms with Crippen LogP contribution in [-0.4, -0.2) is 33.5 Å². The molecule has 52 heavy (non-hydrogen) atoms. The van der Waals surface area contributed by atoms with Gasteiger partial charge in [0.2, 0.25) is 0 Å². The molecule has 5 rings (SSSR count). The van der Waals surface area contributed by atoms with Gasteiger partial charge in [-0.05, 0) is 69.9 Å². The molecule has 2 heterocycles. The Labute approximate surface area is 317 Å². The van der Waals surface area contributed by atoms with E-state index >= 15 is 0 Å². The van der Waals surface area contributed by atoms with Crippen molar-refractivity contribution in [2.24, 2.45) is 5.41 Å². The Bertz CT molecular complexity index is 1630. The third kappa shape index (κ3) is 11.2. The van der Waals surface area contributed by atoms with E-state index in [1.807, 2.05) is 12.1 Å². The van der Waals surface area contributed by atoms with Gasteiger partial charge in [-0.25, -0.2) is 0 Å². The maximum atomic E-state index is 6.30. The number of rotatable bonds is 6. The first-order chi connectivity index (χ1) is 24.0. The average Bonchev–Trinajstić information content (AvgIpc) is 3.06. The van der Waals surface area contributed by atoms with Crippen LogP contribution in [-0.2, 0) is 46.2 Å². The molecule has 3 aromatic carbocycles. The average molecular weight is 755 g/mol. The fraction of sp³-hybridized carbons (Fsp3) is 0.581. The van der Waals surface area contributed by atoms with E-state index in [1.165, 1.54) is 22.3 Å². The van der Waals surface area contributed by atoms with Crippen molar-refractivity contribution in [3.63, 3.8) is 0 Å². The highest BCUT2D eigenvalue weighted by molar-refractivity contribution is 7.42. The van der Waals surface area contributed by atoms with Crippen LogP contribution in [0.5, 0.6) is 17.2 Å². The van der Waals surface area contributed by atoms with E-state index in [-0.39, 0.29) is 27.1 Å². The van der Waals surface area contributed by atoms with E-state index in [0.29, 0.717) is 26.4 Å². The molecule has 2 fully saturated rings. The second kappa shape index (κ2) is 16.6. The fourth-order valence-corrected chi connectivity index (χ4v) is 8.40. The van der Waals surface area contributed by atoms with Crippen molar-refractivity contribution in [2.45, 2.75) is 125 Å². The van der Waals surface area contributed by atoms with Gasteiger partial charge in [0, 0.05) is 11.1 Å². The number of methoxy groups -OCH3 is 1. The lowest BCUT2D eigenvalue weighted by Gasteiger charge is -2.41. The van der Waals surface area contributed by atoms with E-state index in [1.54, 1.807) is 7.11 Å². The molecule has 288 valence electrons. The van der Waals surface area contributed by atoms with Gasteiger partial charge < -0.3 is 31.9 Å². The largest absolute Gasteiger partial charge is 0.496 e. The molecule has 1 spiro atoms. The monoisotopic (exact) mass is 754 g/mol. The van der Waals surface area contributed by atoms with Crippen molar-refractivity contribution in [1.82, 2.24) is 0 Å². The molecule has 9 heteroatoms. The molecule has 0 aromatic heterocycles. The molecule has 7 nitrogen and oxygen atoms in total. The molecule has 0 bridgehead atoms. The molecule has 2 saturated heterocycles. The summed E-state index contributed by atoms with van der Waals surface area (Å²) in [5.74, 6) is 2.62. The minimum atomic E-state index is -1.51. The van der Waals surface area contributed by atoms with Crippen LogP contribution in [0.3, 0.4) is 0 Å². The maximum absolute atomic E-state index is 6.30. The highest BCUT2D eigenvalue weighted by atomic mass is 31.2. The Morgan fingerprint density at radius 2 is 0.981 bits per heavy atom. The van der Waals surface area contributed by atoms with Crippen LogP contribution >= 0.6 is 17.2 Å². The van der Waals surface area contributed by atoms with Crippen molar-refractivity contribution in [1.29, 1.82) is 0 Å². The van der Waals surface area contributed by atoms with E-state index < -0.39 is 17.2 Å². The van der Waals surface area contributed by atoms with Gasteiger partial charge in [0.05, 0.1) is 39.0 Å². The lowest BCUT2D eigenvalue weighted by Crippen LogP contribution is -2.45. The molecule has 0 saturated carbocycles. The molecule has 0 amide bonds. The SMILES string of the molecule is CCc1ccc(OP2OCC3(CO2)COP(Oc2ccc(C(C)(C)C)cc2C(C)(C)C)OC3)c(C(C)(C)C)c1.COc1ccc(C)cc1C(C)(C)C. The summed E-state index contributed by atoms with van der Waals surface area (Å²) in [5, 5.41) is 0. The molecular weight excluding hydrogens is 690 g/mol. The van der Waals surface area contributed by atoms with Crippen LogP contribution in [0.4, 0.5) is 0 Å². The summed E-state index contributed by atoms with van der Waals surface area (Å²) in [5.41, 5.74) is 7.16. The van der Waals surface area contributed by atoms with Gasteiger partial charge in [0.15, 0.2) is 0 Å². The summed E-state index contributed by atoms with van der Waals surface area (Å²) in [4.78, 5) is 0. The molecule has 0 N–H and O–H groups in total. The standard InChI is InChI=1S/C31H46O6P2.C12H18O/c1-11-22-12-14-26(24(16-22)29(5,6)7)36-38-32-18-31(19-33-38)20-34-39(35-21-31)37-27-15-13-23(28(2,3)4)17-25(27)30(8,9)10;1-9-6-7-11(13-5)10(8-9)12(2,3)4/h12-17H,11,18-21H2,1-10H3;6-8H,1-5H3. The second-order valence-electron chi connectivity index (χ2n) is 18.3. The quantitative estimate of drug-likeness (QED) is 0.232. The molecule has 2 aliphatic heterocycles. The smallest absolute Gasteiger partial charge is 0.397 e. The lowest BCUT2D eigenvalue weighted by molar-refractivity contribution is -0.0673. The summed E-state index contributed by atoms with van der Waals surface area (Å²) < 4.78 is 42.3. The number of ether oxygens (including phenoxy) is 1. The van der Waals surface area contributed by atoms with Crippen LogP contribution in [0.15, 0.2) is 54.6 Å². The first kappa shape index (κ1) is 42.5. The van der Waals surface area contributed by atoms with E-state index in [0.717, 1.165) is 34.8 Å². The highest BCUT2D eigenvalue weighted by Crippen LogP contribution is 2.54. The van der Waals surface area contributed by atoms with Crippen molar-refractivity contribution < 1.29 is 31.9 Å². The molecular formula is C43H64O7P2. The normalized spacial score (nSPS) is 21.3. The Hall–Kier alpha value is -2.24. The summed E-state index contributed by atoms with van der Waals surface area (Å²) in [6.45, 7) is 32.5. The van der Waals surface area contributed by atoms with E-state index in [9.17, 15) is 0 Å². The van der Waals surface area contributed by atoms with Crippen LogP contribution in [0.2, 0.25) is 0 Å². The van der Waals surface area contributed by atoms with E-state index in [4.69, 9.17) is 31.9 Å². The summed E-state index contributed by atoms with van der Waals surface area (Å²) in [7, 11) is -1.28. The Balaban J connectivity index is 0.000000392. The topological polar surface area (TPSA) is 64.6 Å². The first-order valence-electron chi connectivity index (χ1n) is 18.5. The predicted octanol–water partition coefficient (Wildman–Crippen LogP) is 12.4. The number of aryl methyl sites for hydroxylation is 2. The number of hydrogen-bond donors (Lipinski definition) is 0. The number of benzene rings is 3. The highest BCUT2D eigenvalue weighted by Gasteiger charge is 2.45. The van der Waals surface area contributed by atoms with Gasteiger partial charge in [-0.3, -0.25) is 0 Å². The predicted molar refractivity (Wildman–Crippen MR) is 216 cm³/mol. The van der Waals surface area contributed by atoms with Crippen LogP contribution in [0.1, 0.15) is 123 Å². The van der Waals surface area contributed by atoms with Crippen molar-refractivity contribution in [3.05, 3.63) is 88.0 Å². The molecule has 0 radical (unpaired) electrons. The fourth-order valence-electron chi connectivity index (χ4n) is 5.88. The Morgan fingerprint density at radius 3 is 1.40 bits per heavy atom. The molecule has 2 aliphatic rings. The van der Waals surface area contributed by atoms with Crippen molar-refractivity contribution in [3.8, 4) is 17.2 Å². The van der Waals surface area contributed by atoms with Crippen LogP contribution in [0, 0.1) is 12.3 Å². The minimum Gasteiger partial charge on any atom is -0.496 e. The zero-order chi connectivity index (χ0) is 38.7. The summed E-state index contributed by atoms with van der Waals surface area (Å²) >= 11 is 0. The van der Waals surface area contributed by atoms with Gasteiger partial charge in [-0.1, -0.05) is 132 Å². The van der Waals surface area contributed by atoms with Gasteiger partial charge in [-0.15, -0.1) is 0 Å². The van der Waals surface area contributed by atoms with Gasteiger partial charge in [-0.2, -0.15) is 0 Å². The molecule has 0 atom stereocenters. The number of hydrogen-bond acceptors (Lipinski definition) is 7. The van der Waals surface area contributed by atoms with Gasteiger partial charge >= 0.3 is 17.2 Å². The van der Waals surface area contributed by atoms with E-state index in [2.05, 4.69) is 139 Å². The molecule has 3 aromatic rings. The molecule has 0 aliphatic carbocycles. The van der Waals surface area contributed by atoms with Gasteiger partial charge in [0.25, 0.3) is 0 Å². The first-order valence-corrected chi connectivity index (χ1v) is 20.7. The minimum absolute atomic E-state index is 0.0466. The van der Waals surface area contributed by atoms with Crippen molar-refractivity contribution >= 4 is 17.2 Å². The Morgan fingerprint density at radius 1 is 0.558 bits per heavy atom. The summed E-state index contributed by atoms with van der Waals surface area (Å²) in [6.07, 6.45) is 0.986. The summed E-state index contributed by atoms with van der Waals surface area (Å²) in [6, 6.07) is 19.1. The van der Waals surface area contributed by atoms with Crippen molar-refractivity contribution in [2.75, 3.05) is 33.5 Å². The lowest BCUT2D eigenvalue weighted by atomic mass is 9.80.